The molecule has 0 unspecified atom stereocenters. The Hall–Kier alpha value is -1.12. The second-order valence-corrected chi connectivity index (χ2v) is 2.98. The summed E-state index contributed by atoms with van der Waals surface area (Å²) in [6.45, 7) is 0. The number of hydrogen-bond donors (Lipinski definition) is 2. The van der Waals surface area contributed by atoms with Crippen molar-refractivity contribution in [3.05, 3.63) is 22.2 Å². The van der Waals surface area contributed by atoms with Crippen LogP contribution < -0.4 is 11.4 Å². The molecule has 0 aliphatic rings. The van der Waals surface area contributed by atoms with Crippen LogP contribution in [0.3, 0.4) is 0 Å². The highest BCUT2D eigenvalue weighted by Gasteiger charge is 2.10. The summed E-state index contributed by atoms with van der Waals surface area (Å²) < 4.78 is 1.03. The van der Waals surface area contributed by atoms with E-state index in [9.17, 15) is 9.59 Å². The number of rotatable bonds is 1. The van der Waals surface area contributed by atoms with Gasteiger partial charge in [0.2, 0.25) is 0 Å². The highest BCUT2D eigenvalue weighted by Crippen LogP contribution is 2.05. The second kappa shape index (κ2) is 3.09. The lowest BCUT2D eigenvalue weighted by Gasteiger charge is -1.99. The van der Waals surface area contributed by atoms with Crippen LogP contribution in [0.15, 0.2) is 11.0 Å². The molecule has 7 heteroatoms. The van der Waals surface area contributed by atoms with Crippen LogP contribution in [-0.4, -0.2) is 18.8 Å². The maximum absolute atomic E-state index is 10.8. The third kappa shape index (κ3) is 1.55. The van der Waals surface area contributed by atoms with Gasteiger partial charge in [-0.25, -0.2) is 12.4 Å². The predicted molar refractivity (Wildman–Crippen MR) is 49.3 cm³/mol. The molecule has 0 radical (unpaired) electrons. The number of hydrogen-bond acceptors (Lipinski definition) is 4. The van der Waals surface area contributed by atoms with Crippen LogP contribution in [-0.2, 0) is 0 Å². The van der Waals surface area contributed by atoms with Gasteiger partial charge < -0.3 is 10.8 Å². The molecule has 0 aliphatic heterocycles. The molecule has 0 aliphatic carbocycles. The molecule has 0 atom stereocenters. The number of aromatic carboxylic acids is 1. The molecule has 6 nitrogen and oxygen atoms in total. The maximum Gasteiger partial charge on any atom is 0.358 e. The molecule has 1 aromatic rings. The fourth-order valence-corrected chi connectivity index (χ4v) is 0.997. The average molecular weight is 281 g/mol. The monoisotopic (exact) mass is 281 g/mol. The molecule has 0 saturated heterocycles. The number of carbonyl (C=O) groups is 1. The molecule has 1 heterocycles. The maximum atomic E-state index is 10.8. The number of carboxylic acids is 1. The van der Waals surface area contributed by atoms with Crippen molar-refractivity contribution >= 4 is 34.7 Å². The first-order valence-electron chi connectivity index (χ1n) is 2.81. The molecular formula is C5H4IN3O3. The fourth-order valence-electron chi connectivity index (χ4n) is 0.611. The Morgan fingerprint density at radius 3 is 2.83 bits per heavy atom. The summed E-state index contributed by atoms with van der Waals surface area (Å²) in [5, 5.41) is 8.54. The molecule has 0 spiro atoms. The summed E-state index contributed by atoms with van der Waals surface area (Å²) in [6, 6.07) is 0. The number of anilines is 1. The van der Waals surface area contributed by atoms with Crippen LogP contribution in [0.1, 0.15) is 10.4 Å². The van der Waals surface area contributed by atoms with Gasteiger partial charge in [0.25, 0.3) is 0 Å². The van der Waals surface area contributed by atoms with Crippen LogP contribution in [0.4, 0.5) is 5.82 Å². The zero-order chi connectivity index (χ0) is 9.30. The molecule has 0 bridgehead atoms. The minimum Gasteiger partial charge on any atom is -0.478 e. The van der Waals surface area contributed by atoms with Gasteiger partial charge in [-0.3, -0.25) is 0 Å². The van der Waals surface area contributed by atoms with E-state index in [0.29, 0.717) is 0 Å². The van der Waals surface area contributed by atoms with Crippen LogP contribution in [0.25, 0.3) is 0 Å². The summed E-state index contributed by atoms with van der Waals surface area (Å²) in [5.74, 6) is -1.47. The van der Waals surface area contributed by atoms with Crippen LogP contribution >= 0.6 is 22.9 Å². The van der Waals surface area contributed by atoms with E-state index >= 15 is 0 Å². The third-order valence-corrected chi connectivity index (χ3v) is 1.84. The van der Waals surface area contributed by atoms with Gasteiger partial charge in [0.05, 0.1) is 22.9 Å². The fraction of sp³-hybridized carbons (Fsp3) is 0. The van der Waals surface area contributed by atoms with Crippen molar-refractivity contribution in [1.82, 2.24) is 7.76 Å². The molecule has 0 aromatic carbocycles. The topological polar surface area (TPSA) is 98.2 Å². The molecule has 1 aromatic heterocycles. The molecule has 0 fully saturated rings. The van der Waals surface area contributed by atoms with Gasteiger partial charge in [-0.05, 0) is 0 Å². The van der Waals surface area contributed by atoms with E-state index in [4.69, 9.17) is 10.8 Å². The Morgan fingerprint density at radius 2 is 2.33 bits per heavy atom. The quantitative estimate of drug-likeness (QED) is 0.690. The lowest BCUT2D eigenvalue weighted by Crippen LogP contribution is -2.20. The van der Waals surface area contributed by atoms with Crippen LogP contribution in [0.2, 0.25) is 0 Å². The standard InChI is InChI=1S/C5H4IN3O3/c6-9-1-2(4(10)11)3(7)8-5(9)12/h1H,(H,10,11)(H2,7,8,12). The van der Waals surface area contributed by atoms with Crippen molar-refractivity contribution in [3.63, 3.8) is 0 Å². The van der Waals surface area contributed by atoms with Crippen molar-refractivity contribution in [2.45, 2.75) is 0 Å². The average Bonchev–Trinajstić information content (AvgIpc) is 1.96. The van der Waals surface area contributed by atoms with E-state index in [0.717, 1.165) is 8.98 Å². The normalized spacial score (nSPS) is 9.75. The number of nitrogens with two attached hydrogens (primary N) is 1. The van der Waals surface area contributed by atoms with E-state index in [1.165, 1.54) is 0 Å². The van der Waals surface area contributed by atoms with E-state index in [-0.39, 0.29) is 11.4 Å². The van der Waals surface area contributed by atoms with Crippen molar-refractivity contribution in [2.24, 2.45) is 0 Å². The molecule has 3 N–H and O–H groups in total. The molecule has 1 rings (SSSR count). The van der Waals surface area contributed by atoms with E-state index in [2.05, 4.69) is 4.98 Å². The molecule has 12 heavy (non-hydrogen) atoms. The number of halogens is 1. The summed E-state index contributed by atoms with van der Waals surface area (Å²) >= 11 is 1.62. The highest BCUT2D eigenvalue weighted by atomic mass is 127. The zero-order valence-electron chi connectivity index (χ0n) is 5.69. The Kier molecular flexibility index (Phi) is 2.31. The van der Waals surface area contributed by atoms with Gasteiger partial charge in [0.1, 0.15) is 11.4 Å². The SMILES string of the molecule is Nc1nc(=O)n(I)cc1C(=O)O. The predicted octanol–water partition coefficient (Wildman–Crippen LogP) is -0.278. The minimum atomic E-state index is -1.20. The van der Waals surface area contributed by atoms with Crippen LogP contribution in [0, 0.1) is 0 Å². The van der Waals surface area contributed by atoms with Crippen molar-refractivity contribution in [2.75, 3.05) is 5.73 Å². The van der Waals surface area contributed by atoms with Gasteiger partial charge in [-0.1, -0.05) is 0 Å². The minimum absolute atomic E-state index is 0.177. The molecule has 0 amide bonds. The first-order chi connectivity index (χ1) is 5.52. The van der Waals surface area contributed by atoms with Crippen molar-refractivity contribution < 1.29 is 9.90 Å². The number of aromatic nitrogens is 2. The number of nitrogen functional groups attached to an aromatic ring is 1. The first-order valence-corrected chi connectivity index (χ1v) is 3.77. The number of carboxylic acid groups (broad SMARTS) is 1. The Bertz CT molecular complexity index is 386. The van der Waals surface area contributed by atoms with E-state index in [1.54, 1.807) is 22.9 Å². The van der Waals surface area contributed by atoms with E-state index in [1.807, 2.05) is 0 Å². The molecule has 0 saturated carbocycles. The smallest absolute Gasteiger partial charge is 0.358 e. The summed E-state index contributed by atoms with van der Waals surface area (Å²) in [4.78, 5) is 24.5. The van der Waals surface area contributed by atoms with Crippen molar-refractivity contribution in [1.29, 1.82) is 0 Å². The van der Waals surface area contributed by atoms with Crippen molar-refractivity contribution in [3.8, 4) is 0 Å². The van der Waals surface area contributed by atoms with Gasteiger partial charge in [-0.2, -0.15) is 4.98 Å². The third-order valence-electron chi connectivity index (χ3n) is 1.15. The molecule has 64 valence electrons. The summed E-state index contributed by atoms with van der Waals surface area (Å²) in [6.07, 6.45) is 1.12. The highest BCUT2D eigenvalue weighted by molar-refractivity contribution is 14.1. The first kappa shape index (κ1) is 8.97. The Labute approximate surface area is 80.5 Å². The Morgan fingerprint density at radius 1 is 1.75 bits per heavy atom. The summed E-state index contributed by atoms with van der Waals surface area (Å²) in [5.41, 5.74) is 4.42. The van der Waals surface area contributed by atoms with E-state index < -0.39 is 11.7 Å². The van der Waals surface area contributed by atoms with Crippen LogP contribution in [0.5, 0.6) is 0 Å². The van der Waals surface area contributed by atoms with Gasteiger partial charge in [-0.15, -0.1) is 0 Å². The molecular weight excluding hydrogens is 277 g/mol. The lowest BCUT2D eigenvalue weighted by atomic mass is 10.3. The Balaban J connectivity index is 3.43. The second-order valence-electron chi connectivity index (χ2n) is 1.94. The van der Waals surface area contributed by atoms with Gasteiger partial charge >= 0.3 is 11.7 Å². The van der Waals surface area contributed by atoms with Gasteiger partial charge in [0.15, 0.2) is 0 Å². The zero-order valence-corrected chi connectivity index (χ0v) is 7.85. The largest absolute Gasteiger partial charge is 0.478 e. The number of nitrogens with zero attached hydrogens (tertiary/aromatic N) is 2. The summed E-state index contributed by atoms with van der Waals surface area (Å²) in [7, 11) is 0. The van der Waals surface area contributed by atoms with Gasteiger partial charge in [0, 0.05) is 6.20 Å². The lowest BCUT2D eigenvalue weighted by molar-refractivity contribution is 0.0697.